The minimum absolute atomic E-state index is 0.0449. The second-order valence-electron chi connectivity index (χ2n) is 9.13. The minimum atomic E-state index is -0.589. The number of aromatic nitrogens is 2. The van der Waals surface area contributed by atoms with Gasteiger partial charge in [0.05, 0.1) is 43.3 Å². The lowest BCUT2D eigenvalue weighted by atomic mass is 9.99. The van der Waals surface area contributed by atoms with E-state index >= 15 is 0 Å². The van der Waals surface area contributed by atoms with E-state index in [1.54, 1.807) is 24.0 Å². The molecule has 0 unspecified atom stereocenters. The third-order valence-electron chi connectivity index (χ3n) is 6.51. The van der Waals surface area contributed by atoms with Crippen molar-refractivity contribution in [1.29, 1.82) is 0 Å². The smallest absolute Gasteiger partial charge is 0.409 e. The van der Waals surface area contributed by atoms with E-state index in [4.69, 9.17) is 14.5 Å². The molecule has 0 radical (unpaired) electrons. The molecule has 0 saturated carbocycles. The molecule has 1 amide bonds. The van der Waals surface area contributed by atoms with E-state index in [1.165, 1.54) is 19.2 Å². The standard InChI is InChI=1S/C28H27F2N3O3/c1-17-8-9-33-24(15-21-16-32(10-11-36-21)28(34)35-3)27(31-25(33)14-17)20-6-4-19(5-7-20)26-22(29)12-18(2)13-23(26)30/h4-9,12-14,21H,10-11,15-16H2,1-3H3/t21-/m0/s1. The molecule has 0 N–H and O–H groups in total. The van der Waals surface area contributed by atoms with Gasteiger partial charge in [-0.1, -0.05) is 24.3 Å². The largest absolute Gasteiger partial charge is 0.453 e. The number of imidazole rings is 1. The number of carbonyl (C=O) groups is 1. The molecule has 3 heterocycles. The van der Waals surface area contributed by atoms with Gasteiger partial charge in [0, 0.05) is 24.7 Å². The number of amides is 1. The number of ether oxygens (including phenoxy) is 2. The van der Waals surface area contributed by atoms with Gasteiger partial charge in [-0.2, -0.15) is 0 Å². The van der Waals surface area contributed by atoms with E-state index in [0.29, 0.717) is 37.2 Å². The van der Waals surface area contributed by atoms with Gasteiger partial charge in [-0.05, 0) is 54.8 Å². The number of aryl methyl sites for hydroxylation is 2. The Kier molecular flexibility index (Phi) is 6.45. The molecule has 5 rings (SSSR count). The molecule has 0 aliphatic carbocycles. The zero-order valence-corrected chi connectivity index (χ0v) is 20.4. The molecule has 2 aromatic carbocycles. The topological polar surface area (TPSA) is 56.1 Å². The zero-order chi connectivity index (χ0) is 25.4. The Bertz CT molecular complexity index is 1410. The molecule has 0 spiro atoms. The van der Waals surface area contributed by atoms with E-state index in [1.807, 2.05) is 41.8 Å². The zero-order valence-electron chi connectivity index (χ0n) is 20.4. The fraction of sp³-hybridized carbons (Fsp3) is 0.286. The predicted octanol–water partition coefficient (Wildman–Crippen LogP) is 5.57. The van der Waals surface area contributed by atoms with Gasteiger partial charge in [-0.25, -0.2) is 18.6 Å². The number of nitrogens with zero attached hydrogens (tertiary/aromatic N) is 3. The molecule has 1 saturated heterocycles. The highest BCUT2D eigenvalue weighted by Crippen LogP contribution is 2.32. The summed E-state index contributed by atoms with van der Waals surface area (Å²) in [6.07, 6.45) is 1.90. The lowest BCUT2D eigenvalue weighted by Gasteiger charge is -2.32. The van der Waals surface area contributed by atoms with Crippen molar-refractivity contribution in [2.45, 2.75) is 26.4 Å². The molecule has 1 fully saturated rings. The fourth-order valence-electron chi connectivity index (χ4n) is 4.75. The maximum atomic E-state index is 14.5. The van der Waals surface area contributed by atoms with Crippen LogP contribution in [0.4, 0.5) is 13.6 Å². The van der Waals surface area contributed by atoms with Gasteiger partial charge >= 0.3 is 6.09 Å². The first-order valence-electron chi connectivity index (χ1n) is 11.8. The summed E-state index contributed by atoms with van der Waals surface area (Å²) in [6.45, 7) is 4.98. The number of carbonyl (C=O) groups excluding carboxylic acids is 1. The Labute approximate surface area is 208 Å². The predicted molar refractivity (Wildman–Crippen MR) is 133 cm³/mol. The number of benzene rings is 2. The molecule has 0 bridgehead atoms. The first-order chi connectivity index (χ1) is 17.3. The number of pyridine rings is 1. The Morgan fingerprint density at radius 2 is 1.75 bits per heavy atom. The van der Waals surface area contributed by atoms with Crippen LogP contribution in [0.1, 0.15) is 16.8 Å². The quantitative estimate of drug-likeness (QED) is 0.374. The second kappa shape index (κ2) is 9.70. The molecule has 4 aromatic rings. The number of morpholine rings is 1. The Morgan fingerprint density at radius 1 is 1.06 bits per heavy atom. The van der Waals surface area contributed by atoms with E-state index in [0.717, 1.165) is 28.2 Å². The second-order valence-corrected chi connectivity index (χ2v) is 9.13. The summed E-state index contributed by atoms with van der Waals surface area (Å²) in [6, 6.07) is 13.7. The van der Waals surface area contributed by atoms with Gasteiger partial charge in [-0.3, -0.25) is 0 Å². The van der Waals surface area contributed by atoms with Gasteiger partial charge in [0.1, 0.15) is 17.3 Å². The van der Waals surface area contributed by atoms with Crippen molar-refractivity contribution in [2.75, 3.05) is 26.8 Å². The maximum Gasteiger partial charge on any atom is 0.409 e. The van der Waals surface area contributed by atoms with Crippen molar-refractivity contribution >= 4 is 11.7 Å². The van der Waals surface area contributed by atoms with Crippen molar-refractivity contribution in [3.05, 3.63) is 83.2 Å². The SMILES string of the molecule is COC(=O)N1CCO[C@@H](Cc2c(-c3ccc(-c4c(F)cc(C)cc4F)cc3)nc3cc(C)ccn23)C1. The third-order valence-corrected chi connectivity index (χ3v) is 6.51. The van der Waals surface area contributed by atoms with Crippen molar-refractivity contribution in [3.63, 3.8) is 0 Å². The van der Waals surface area contributed by atoms with Crippen LogP contribution in [-0.2, 0) is 15.9 Å². The first-order valence-corrected chi connectivity index (χ1v) is 11.8. The van der Waals surface area contributed by atoms with E-state index in [9.17, 15) is 13.6 Å². The molecule has 2 aromatic heterocycles. The molecule has 1 aliphatic heterocycles. The molecule has 1 aliphatic rings. The van der Waals surface area contributed by atoms with Gasteiger partial charge in [0.25, 0.3) is 0 Å². The first kappa shape index (κ1) is 23.9. The van der Waals surface area contributed by atoms with Gasteiger partial charge in [0.15, 0.2) is 0 Å². The molecular weight excluding hydrogens is 464 g/mol. The summed E-state index contributed by atoms with van der Waals surface area (Å²) < 4.78 is 41.9. The van der Waals surface area contributed by atoms with Crippen LogP contribution in [0.2, 0.25) is 0 Å². The van der Waals surface area contributed by atoms with Gasteiger partial charge in [-0.15, -0.1) is 0 Å². The normalized spacial score (nSPS) is 15.9. The third kappa shape index (κ3) is 4.56. The number of methoxy groups -OCH3 is 1. The average Bonchev–Trinajstić information content (AvgIpc) is 3.20. The highest BCUT2D eigenvalue weighted by Gasteiger charge is 2.27. The van der Waals surface area contributed by atoms with Crippen molar-refractivity contribution in [3.8, 4) is 22.4 Å². The molecular formula is C28H27F2N3O3. The van der Waals surface area contributed by atoms with Gasteiger partial charge < -0.3 is 18.8 Å². The van der Waals surface area contributed by atoms with E-state index in [2.05, 4.69) is 0 Å². The van der Waals surface area contributed by atoms with Gasteiger partial charge in [0.2, 0.25) is 0 Å². The fourth-order valence-corrected chi connectivity index (χ4v) is 4.75. The Balaban J connectivity index is 1.52. The summed E-state index contributed by atoms with van der Waals surface area (Å²) in [4.78, 5) is 18.6. The lowest BCUT2D eigenvalue weighted by molar-refractivity contribution is -0.0241. The summed E-state index contributed by atoms with van der Waals surface area (Å²) in [5.74, 6) is -1.18. The molecule has 6 nitrogen and oxygen atoms in total. The average molecular weight is 492 g/mol. The van der Waals surface area contributed by atoms with Crippen LogP contribution in [-0.4, -0.2) is 53.3 Å². The number of hydrogen-bond donors (Lipinski definition) is 0. The summed E-state index contributed by atoms with van der Waals surface area (Å²) in [7, 11) is 1.37. The molecule has 36 heavy (non-hydrogen) atoms. The Hall–Kier alpha value is -3.78. The monoisotopic (exact) mass is 491 g/mol. The number of rotatable bonds is 4. The highest BCUT2D eigenvalue weighted by atomic mass is 19.1. The summed E-state index contributed by atoms with van der Waals surface area (Å²) >= 11 is 0. The minimum Gasteiger partial charge on any atom is -0.453 e. The van der Waals surface area contributed by atoms with E-state index < -0.39 is 11.6 Å². The molecule has 186 valence electrons. The lowest BCUT2D eigenvalue weighted by Crippen LogP contribution is -2.46. The summed E-state index contributed by atoms with van der Waals surface area (Å²) in [5.41, 5.74) is 5.33. The van der Waals surface area contributed by atoms with E-state index in [-0.39, 0.29) is 17.8 Å². The Morgan fingerprint density at radius 3 is 2.44 bits per heavy atom. The molecule has 1 atom stereocenters. The van der Waals surface area contributed by atoms with Crippen LogP contribution in [0.3, 0.4) is 0 Å². The van der Waals surface area contributed by atoms with Crippen LogP contribution in [0.15, 0.2) is 54.7 Å². The number of hydrogen-bond acceptors (Lipinski definition) is 4. The summed E-state index contributed by atoms with van der Waals surface area (Å²) in [5, 5.41) is 0. The van der Waals surface area contributed by atoms with Crippen LogP contribution in [0.5, 0.6) is 0 Å². The van der Waals surface area contributed by atoms with Crippen molar-refractivity contribution in [2.24, 2.45) is 0 Å². The van der Waals surface area contributed by atoms with Crippen molar-refractivity contribution in [1.82, 2.24) is 14.3 Å². The van der Waals surface area contributed by atoms with Crippen LogP contribution < -0.4 is 0 Å². The van der Waals surface area contributed by atoms with Crippen molar-refractivity contribution < 1.29 is 23.0 Å². The van der Waals surface area contributed by atoms with Crippen LogP contribution in [0, 0.1) is 25.5 Å². The molecule has 8 heteroatoms. The maximum absolute atomic E-state index is 14.5. The highest BCUT2D eigenvalue weighted by molar-refractivity contribution is 5.72. The number of fused-ring (bicyclic) bond motifs is 1. The number of halogens is 2. The van der Waals surface area contributed by atoms with Crippen LogP contribution >= 0.6 is 0 Å². The van der Waals surface area contributed by atoms with Crippen LogP contribution in [0.25, 0.3) is 28.0 Å².